The number of allylic oxidation sites excluding steroid dienone is 1. The highest BCUT2D eigenvalue weighted by molar-refractivity contribution is 5.70. The van der Waals surface area contributed by atoms with E-state index in [2.05, 4.69) is 53.7 Å². The van der Waals surface area contributed by atoms with Crippen LogP contribution < -0.4 is 0 Å². The fraction of sp³-hybridized carbons (Fsp3) is 0.812. The maximum Gasteiger partial charge on any atom is 0.410 e. The van der Waals surface area contributed by atoms with Crippen molar-refractivity contribution in [1.29, 1.82) is 0 Å². The van der Waals surface area contributed by atoms with Crippen molar-refractivity contribution in [3.8, 4) is 0 Å². The predicted molar refractivity (Wildman–Crippen MR) is 79.0 cm³/mol. The van der Waals surface area contributed by atoms with Crippen molar-refractivity contribution >= 4 is 6.09 Å². The van der Waals surface area contributed by atoms with Gasteiger partial charge in [0, 0.05) is 6.54 Å². The average Bonchev–Trinajstić information content (AvgIpc) is 2.55. The first-order valence-electron chi connectivity index (χ1n) is 7.46. The number of amides is 1. The molecule has 1 amide bonds. The molecular weight excluding hydrogens is 238 g/mol. The molecule has 0 saturated carbocycles. The van der Waals surface area contributed by atoms with Crippen molar-refractivity contribution in [2.75, 3.05) is 6.54 Å². The summed E-state index contributed by atoms with van der Waals surface area (Å²) in [6, 6.07) is 0.164. The molecule has 0 aliphatic carbocycles. The summed E-state index contributed by atoms with van der Waals surface area (Å²) in [6.07, 6.45) is 5.35. The highest BCUT2D eigenvalue weighted by atomic mass is 16.6. The van der Waals surface area contributed by atoms with Gasteiger partial charge in [-0.25, -0.2) is 4.79 Å². The molecule has 3 nitrogen and oxygen atoms in total. The lowest BCUT2D eigenvalue weighted by Gasteiger charge is -2.21. The molecule has 110 valence electrons. The summed E-state index contributed by atoms with van der Waals surface area (Å²) >= 11 is 0. The minimum atomic E-state index is -0.174. The maximum atomic E-state index is 11.8. The van der Waals surface area contributed by atoms with Gasteiger partial charge in [-0.3, -0.25) is 4.90 Å². The Morgan fingerprint density at radius 2 is 1.89 bits per heavy atom. The quantitative estimate of drug-likeness (QED) is 0.678. The first-order chi connectivity index (χ1) is 8.82. The molecule has 19 heavy (non-hydrogen) atoms. The zero-order valence-electron chi connectivity index (χ0n) is 13.2. The Balaban J connectivity index is 2.49. The number of carbonyl (C=O) groups is 1. The molecule has 1 fully saturated rings. The van der Waals surface area contributed by atoms with Gasteiger partial charge in [0.1, 0.15) is 6.10 Å². The van der Waals surface area contributed by atoms with Gasteiger partial charge in [0.25, 0.3) is 0 Å². The minimum absolute atomic E-state index is 0.0222. The van der Waals surface area contributed by atoms with E-state index in [9.17, 15) is 4.79 Å². The Morgan fingerprint density at radius 1 is 1.26 bits per heavy atom. The van der Waals surface area contributed by atoms with E-state index >= 15 is 0 Å². The molecule has 1 saturated heterocycles. The summed E-state index contributed by atoms with van der Waals surface area (Å²) in [5.74, 6) is 1.64. The highest BCUT2D eigenvalue weighted by Crippen LogP contribution is 2.24. The molecule has 0 aromatic carbocycles. The minimum Gasteiger partial charge on any atom is -0.444 e. The van der Waals surface area contributed by atoms with Crippen LogP contribution in [0, 0.1) is 17.8 Å². The van der Waals surface area contributed by atoms with Gasteiger partial charge >= 0.3 is 6.09 Å². The lowest BCUT2D eigenvalue weighted by atomic mass is 9.98. The lowest BCUT2D eigenvalue weighted by molar-refractivity contribution is 0.104. The van der Waals surface area contributed by atoms with Crippen molar-refractivity contribution in [3.05, 3.63) is 12.2 Å². The van der Waals surface area contributed by atoms with E-state index in [1.165, 1.54) is 6.42 Å². The second-order valence-electron chi connectivity index (χ2n) is 6.52. The summed E-state index contributed by atoms with van der Waals surface area (Å²) < 4.78 is 5.42. The van der Waals surface area contributed by atoms with Crippen LogP contribution in [0.2, 0.25) is 0 Å². The largest absolute Gasteiger partial charge is 0.444 e. The van der Waals surface area contributed by atoms with E-state index in [4.69, 9.17) is 4.74 Å². The Labute approximate surface area is 118 Å². The predicted octanol–water partition coefficient (Wildman–Crippen LogP) is 4.09. The average molecular weight is 267 g/mol. The van der Waals surface area contributed by atoms with Crippen LogP contribution in [0.15, 0.2) is 12.2 Å². The lowest BCUT2D eigenvalue weighted by Crippen LogP contribution is -2.36. The summed E-state index contributed by atoms with van der Waals surface area (Å²) in [5.41, 5.74) is 0. The molecule has 3 unspecified atom stereocenters. The zero-order valence-corrected chi connectivity index (χ0v) is 13.2. The fourth-order valence-electron chi connectivity index (χ4n) is 2.79. The fourth-order valence-corrected chi connectivity index (χ4v) is 2.79. The standard InChI is InChI=1S/C16H29NO2/c1-11(2)10-13(5)8-7-9-17-14(6)15(12(3)4)19-16(17)18/h7-8,11-15H,9-10H2,1-6H3/b8-7-. The summed E-state index contributed by atoms with van der Waals surface area (Å²) in [7, 11) is 0. The maximum absolute atomic E-state index is 11.8. The summed E-state index contributed by atoms with van der Waals surface area (Å²) in [4.78, 5) is 13.6. The normalized spacial score (nSPS) is 25.7. The highest BCUT2D eigenvalue weighted by Gasteiger charge is 2.39. The molecular formula is C16H29NO2. The molecule has 3 atom stereocenters. The number of cyclic esters (lactones) is 1. The second kappa shape index (κ2) is 6.97. The van der Waals surface area contributed by atoms with Gasteiger partial charge in [-0.05, 0) is 31.1 Å². The molecule has 0 N–H and O–H groups in total. The number of carbonyl (C=O) groups excluding carboxylic acids is 1. The van der Waals surface area contributed by atoms with Gasteiger partial charge in [-0.15, -0.1) is 0 Å². The Kier molecular flexibility index (Phi) is 5.89. The molecule has 1 rings (SSSR count). The smallest absolute Gasteiger partial charge is 0.410 e. The van der Waals surface area contributed by atoms with Crippen LogP contribution in [0.5, 0.6) is 0 Å². The van der Waals surface area contributed by atoms with Gasteiger partial charge in [0.2, 0.25) is 0 Å². The Hall–Kier alpha value is -0.990. The zero-order chi connectivity index (χ0) is 14.6. The second-order valence-corrected chi connectivity index (χ2v) is 6.52. The molecule has 0 spiro atoms. The SMILES string of the molecule is CC(C)CC(C)/C=C\CN1C(=O)OC(C(C)C)C1C. The third-order valence-corrected chi connectivity index (χ3v) is 3.71. The van der Waals surface area contributed by atoms with Gasteiger partial charge in [-0.2, -0.15) is 0 Å². The van der Waals surface area contributed by atoms with E-state index in [0.717, 1.165) is 0 Å². The molecule has 1 aliphatic heterocycles. The van der Waals surface area contributed by atoms with Crippen molar-refractivity contribution in [2.45, 2.75) is 60.1 Å². The molecule has 1 heterocycles. The van der Waals surface area contributed by atoms with Gasteiger partial charge in [0.05, 0.1) is 6.04 Å². The number of hydrogen-bond acceptors (Lipinski definition) is 2. The monoisotopic (exact) mass is 267 g/mol. The number of nitrogens with zero attached hydrogens (tertiary/aromatic N) is 1. The van der Waals surface area contributed by atoms with Crippen LogP contribution in [0.3, 0.4) is 0 Å². The van der Waals surface area contributed by atoms with E-state index in [0.29, 0.717) is 24.3 Å². The van der Waals surface area contributed by atoms with Crippen molar-refractivity contribution < 1.29 is 9.53 Å². The molecule has 0 aromatic rings. The van der Waals surface area contributed by atoms with Gasteiger partial charge < -0.3 is 4.74 Å². The molecule has 0 bridgehead atoms. The van der Waals surface area contributed by atoms with Gasteiger partial charge in [-0.1, -0.05) is 46.8 Å². The topological polar surface area (TPSA) is 29.5 Å². The number of hydrogen-bond donors (Lipinski definition) is 0. The van der Waals surface area contributed by atoms with Crippen LogP contribution in [0.25, 0.3) is 0 Å². The van der Waals surface area contributed by atoms with E-state index in [-0.39, 0.29) is 18.2 Å². The van der Waals surface area contributed by atoms with Crippen molar-refractivity contribution in [2.24, 2.45) is 17.8 Å². The third-order valence-electron chi connectivity index (χ3n) is 3.71. The first-order valence-corrected chi connectivity index (χ1v) is 7.46. The van der Waals surface area contributed by atoms with Crippen LogP contribution in [-0.2, 0) is 4.74 Å². The molecule has 0 aromatic heterocycles. The van der Waals surface area contributed by atoms with Crippen LogP contribution >= 0.6 is 0 Å². The van der Waals surface area contributed by atoms with E-state index in [1.54, 1.807) is 0 Å². The van der Waals surface area contributed by atoms with Crippen molar-refractivity contribution in [3.63, 3.8) is 0 Å². The molecule has 3 heteroatoms. The summed E-state index contributed by atoms with van der Waals surface area (Å²) in [5, 5.41) is 0. The first kappa shape index (κ1) is 16.1. The third kappa shape index (κ3) is 4.55. The van der Waals surface area contributed by atoms with Crippen molar-refractivity contribution in [1.82, 2.24) is 4.90 Å². The van der Waals surface area contributed by atoms with E-state index in [1.807, 2.05) is 4.90 Å². The van der Waals surface area contributed by atoms with Crippen LogP contribution in [0.1, 0.15) is 48.0 Å². The summed E-state index contributed by atoms with van der Waals surface area (Å²) in [6.45, 7) is 13.6. The molecule has 0 radical (unpaired) electrons. The van der Waals surface area contributed by atoms with Crippen LogP contribution in [0.4, 0.5) is 4.79 Å². The van der Waals surface area contributed by atoms with Gasteiger partial charge in [0.15, 0.2) is 0 Å². The number of ether oxygens (including phenoxy) is 1. The number of rotatable bonds is 6. The Morgan fingerprint density at radius 3 is 2.37 bits per heavy atom. The Bertz CT molecular complexity index is 323. The molecule has 1 aliphatic rings. The van der Waals surface area contributed by atoms with E-state index < -0.39 is 0 Å². The van der Waals surface area contributed by atoms with Crippen LogP contribution in [-0.4, -0.2) is 29.7 Å².